The van der Waals surface area contributed by atoms with Crippen LogP contribution in [0.2, 0.25) is 0 Å². The Morgan fingerprint density at radius 1 is 0.962 bits per heavy atom. The molecule has 0 saturated heterocycles. The van der Waals surface area contributed by atoms with Gasteiger partial charge in [0.25, 0.3) is 5.91 Å². The second kappa shape index (κ2) is 8.66. The highest BCUT2D eigenvalue weighted by atomic mass is 16.5. The Kier molecular flexibility index (Phi) is 5.82. The summed E-state index contributed by atoms with van der Waals surface area (Å²) in [5.74, 6) is 0.820. The number of aromatic nitrogens is 2. The molecule has 3 N–H and O–H groups in total. The number of rotatable bonds is 8. The molecule has 0 aliphatic carbocycles. The van der Waals surface area contributed by atoms with E-state index in [2.05, 4.69) is 20.6 Å². The predicted molar refractivity (Wildman–Crippen MR) is 97.8 cm³/mol. The zero-order valence-electron chi connectivity index (χ0n) is 14.2. The summed E-state index contributed by atoms with van der Waals surface area (Å²) in [6.07, 6.45) is 0.589. The molecule has 134 valence electrons. The molecule has 1 aromatic heterocycles. The molecular formula is C19H20N4O3. The van der Waals surface area contributed by atoms with Gasteiger partial charge in [-0.2, -0.15) is 0 Å². The number of para-hydroxylation sites is 3. The van der Waals surface area contributed by atoms with Crippen LogP contribution in [-0.4, -0.2) is 41.5 Å². The number of H-pyrrole nitrogens is 1. The molecule has 0 unspecified atom stereocenters. The number of nitrogens with one attached hydrogen (secondary N) is 3. The van der Waals surface area contributed by atoms with Gasteiger partial charge in [0.05, 0.1) is 17.6 Å². The Balaban J connectivity index is 1.33. The summed E-state index contributed by atoms with van der Waals surface area (Å²) in [7, 11) is 0. The number of carbonyl (C=O) groups excluding carboxylic acids is 2. The van der Waals surface area contributed by atoms with Crippen molar-refractivity contribution in [3.05, 3.63) is 60.4 Å². The van der Waals surface area contributed by atoms with Gasteiger partial charge in [-0.25, -0.2) is 4.98 Å². The topological polar surface area (TPSA) is 96.1 Å². The van der Waals surface area contributed by atoms with E-state index in [-0.39, 0.29) is 25.0 Å². The van der Waals surface area contributed by atoms with Gasteiger partial charge in [0.15, 0.2) is 6.61 Å². The van der Waals surface area contributed by atoms with Gasteiger partial charge in [-0.15, -0.1) is 0 Å². The first-order chi connectivity index (χ1) is 12.7. The van der Waals surface area contributed by atoms with Crippen molar-refractivity contribution in [3.63, 3.8) is 0 Å². The summed E-state index contributed by atoms with van der Waals surface area (Å²) in [5, 5.41) is 5.27. The maximum Gasteiger partial charge on any atom is 0.258 e. The molecule has 1 heterocycles. The fourth-order valence-corrected chi connectivity index (χ4v) is 2.40. The highest BCUT2D eigenvalue weighted by Gasteiger charge is 2.07. The molecule has 2 aromatic carbocycles. The first-order valence-electron chi connectivity index (χ1n) is 8.35. The van der Waals surface area contributed by atoms with E-state index in [4.69, 9.17) is 4.74 Å². The molecule has 0 atom stereocenters. The van der Waals surface area contributed by atoms with E-state index < -0.39 is 0 Å². The van der Waals surface area contributed by atoms with Crippen LogP contribution in [0.5, 0.6) is 5.75 Å². The van der Waals surface area contributed by atoms with Gasteiger partial charge in [-0.3, -0.25) is 9.59 Å². The van der Waals surface area contributed by atoms with Gasteiger partial charge in [0.1, 0.15) is 11.6 Å². The summed E-state index contributed by atoms with van der Waals surface area (Å²) in [5.41, 5.74) is 1.87. The maximum absolute atomic E-state index is 11.8. The molecule has 7 nitrogen and oxygen atoms in total. The highest BCUT2D eigenvalue weighted by Crippen LogP contribution is 2.10. The number of fused-ring (bicyclic) bond motifs is 1. The van der Waals surface area contributed by atoms with Crippen molar-refractivity contribution in [2.45, 2.75) is 6.42 Å². The number of amides is 2. The van der Waals surface area contributed by atoms with E-state index in [1.54, 1.807) is 12.1 Å². The number of hydrogen-bond acceptors (Lipinski definition) is 4. The number of aromatic amines is 1. The number of nitrogens with zero attached hydrogens (tertiary/aromatic N) is 1. The van der Waals surface area contributed by atoms with Gasteiger partial charge in [0.2, 0.25) is 5.91 Å². The first kappa shape index (κ1) is 17.5. The minimum absolute atomic E-state index is 0.0862. The van der Waals surface area contributed by atoms with Crippen molar-refractivity contribution in [2.75, 3.05) is 19.7 Å². The lowest BCUT2D eigenvalue weighted by Crippen LogP contribution is -2.39. The normalized spacial score (nSPS) is 10.5. The largest absolute Gasteiger partial charge is 0.484 e. The molecule has 0 radical (unpaired) electrons. The van der Waals surface area contributed by atoms with Crippen LogP contribution in [0.4, 0.5) is 0 Å². The molecule has 3 rings (SSSR count). The maximum atomic E-state index is 11.8. The molecule has 0 fully saturated rings. The van der Waals surface area contributed by atoms with Gasteiger partial charge in [-0.05, 0) is 24.3 Å². The average molecular weight is 352 g/mol. The molecule has 0 aliphatic heterocycles. The van der Waals surface area contributed by atoms with Crippen LogP contribution in [0.15, 0.2) is 54.6 Å². The average Bonchev–Trinajstić information content (AvgIpc) is 3.08. The zero-order chi connectivity index (χ0) is 18.2. The minimum atomic E-state index is -0.346. The fourth-order valence-electron chi connectivity index (χ4n) is 2.40. The first-order valence-corrected chi connectivity index (χ1v) is 8.35. The van der Waals surface area contributed by atoms with Crippen molar-refractivity contribution in [2.24, 2.45) is 0 Å². The molecule has 7 heteroatoms. The highest BCUT2D eigenvalue weighted by molar-refractivity contribution is 5.85. The summed E-state index contributed by atoms with van der Waals surface area (Å²) in [4.78, 5) is 31.1. The van der Waals surface area contributed by atoms with E-state index in [9.17, 15) is 9.59 Å². The quantitative estimate of drug-likeness (QED) is 0.571. The molecule has 3 aromatic rings. The third-order valence-corrected chi connectivity index (χ3v) is 3.68. The number of imidazole rings is 1. The molecular weight excluding hydrogens is 332 g/mol. The van der Waals surface area contributed by atoms with E-state index in [0.717, 1.165) is 16.9 Å². The molecule has 0 spiro atoms. The van der Waals surface area contributed by atoms with E-state index in [0.29, 0.717) is 18.7 Å². The number of carbonyl (C=O) groups is 2. The van der Waals surface area contributed by atoms with Crippen molar-refractivity contribution in [3.8, 4) is 5.75 Å². The lowest BCUT2D eigenvalue weighted by Gasteiger charge is -2.08. The smallest absolute Gasteiger partial charge is 0.258 e. The number of benzene rings is 2. The lowest BCUT2D eigenvalue weighted by molar-refractivity contribution is -0.127. The second-order valence-electron chi connectivity index (χ2n) is 5.68. The van der Waals surface area contributed by atoms with Crippen LogP contribution in [0, 0.1) is 0 Å². The van der Waals surface area contributed by atoms with Crippen LogP contribution < -0.4 is 15.4 Å². The Morgan fingerprint density at radius 2 is 1.73 bits per heavy atom. The standard InChI is InChI=1S/C19H20N4O3/c24-18(12-21-19(25)13-26-14-6-2-1-3-7-14)20-11-10-17-22-15-8-4-5-9-16(15)23-17/h1-9H,10-13H2,(H,20,24)(H,21,25)(H,22,23). The Morgan fingerprint density at radius 3 is 2.54 bits per heavy atom. The monoisotopic (exact) mass is 352 g/mol. The van der Waals surface area contributed by atoms with Crippen LogP contribution in [0.1, 0.15) is 5.82 Å². The molecule has 2 amide bonds. The summed E-state index contributed by atoms with van der Waals surface area (Å²) in [6.45, 7) is 0.225. The Labute approximate surface area is 150 Å². The van der Waals surface area contributed by atoms with Crippen molar-refractivity contribution in [1.82, 2.24) is 20.6 Å². The fraction of sp³-hybridized carbons (Fsp3) is 0.211. The third kappa shape index (κ3) is 5.07. The second-order valence-corrected chi connectivity index (χ2v) is 5.68. The lowest BCUT2D eigenvalue weighted by atomic mass is 10.3. The molecule has 26 heavy (non-hydrogen) atoms. The predicted octanol–water partition coefficient (Wildman–Crippen LogP) is 1.42. The van der Waals surface area contributed by atoms with E-state index >= 15 is 0 Å². The summed E-state index contributed by atoms with van der Waals surface area (Å²) in [6, 6.07) is 16.8. The van der Waals surface area contributed by atoms with E-state index in [1.807, 2.05) is 42.5 Å². The van der Waals surface area contributed by atoms with Crippen LogP contribution >= 0.6 is 0 Å². The summed E-state index contributed by atoms with van der Waals surface area (Å²) >= 11 is 0. The van der Waals surface area contributed by atoms with Gasteiger partial charge >= 0.3 is 0 Å². The van der Waals surface area contributed by atoms with Gasteiger partial charge in [-0.1, -0.05) is 30.3 Å². The van der Waals surface area contributed by atoms with Gasteiger partial charge < -0.3 is 20.4 Å². The number of hydrogen-bond donors (Lipinski definition) is 3. The van der Waals surface area contributed by atoms with Gasteiger partial charge in [0, 0.05) is 13.0 Å². The Hall–Kier alpha value is -3.35. The molecule has 0 saturated carbocycles. The van der Waals surface area contributed by atoms with Crippen molar-refractivity contribution in [1.29, 1.82) is 0 Å². The zero-order valence-corrected chi connectivity index (χ0v) is 14.2. The Bertz CT molecular complexity index is 844. The van der Waals surface area contributed by atoms with Crippen LogP contribution in [-0.2, 0) is 16.0 Å². The van der Waals surface area contributed by atoms with Crippen LogP contribution in [0.3, 0.4) is 0 Å². The molecule has 0 aliphatic rings. The van der Waals surface area contributed by atoms with Crippen LogP contribution in [0.25, 0.3) is 11.0 Å². The van der Waals surface area contributed by atoms with Crippen molar-refractivity contribution >= 4 is 22.8 Å². The third-order valence-electron chi connectivity index (χ3n) is 3.68. The SMILES string of the molecule is O=C(CNC(=O)COc1ccccc1)NCCc1nc2ccccc2[nH]1. The van der Waals surface area contributed by atoms with E-state index in [1.165, 1.54) is 0 Å². The molecule has 0 bridgehead atoms. The minimum Gasteiger partial charge on any atom is -0.484 e. The van der Waals surface area contributed by atoms with Crippen molar-refractivity contribution < 1.29 is 14.3 Å². The summed E-state index contributed by atoms with van der Waals surface area (Å²) < 4.78 is 5.31. The number of ether oxygens (including phenoxy) is 1.